The van der Waals surface area contributed by atoms with E-state index in [1.54, 1.807) is 0 Å². The molecule has 4 aromatic heterocycles. The topological polar surface area (TPSA) is 15.8 Å². The van der Waals surface area contributed by atoms with Gasteiger partial charge in [-0.2, -0.15) is 0 Å². The molecule has 4 heteroatoms. The number of fused-ring (bicyclic) bond motifs is 10. The number of rotatable bonds is 0. The van der Waals surface area contributed by atoms with E-state index in [4.69, 9.17) is 0 Å². The molecule has 0 saturated carbocycles. The van der Waals surface area contributed by atoms with E-state index < -0.39 is 0 Å². The van der Waals surface area contributed by atoms with Crippen molar-refractivity contribution in [3.8, 4) is 20.3 Å². The monoisotopic (exact) mass is 363 g/mol. The first-order valence-electron chi connectivity index (χ1n) is 7.69. The first-order valence-corrected chi connectivity index (χ1v) is 10.1. The summed E-state index contributed by atoms with van der Waals surface area (Å²) in [5, 5.41) is 0. The molecule has 0 fully saturated rings. The normalized spacial score (nSPS) is 15.3. The smallest absolute Gasteiger partial charge is 0.0560 e. The Morgan fingerprint density at radius 1 is 0.500 bits per heavy atom. The van der Waals surface area contributed by atoms with Gasteiger partial charge in [-0.1, -0.05) is 0 Å². The van der Waals surface area contributed by atoms with Crippen molar-refractivity contribution in [3.05, 3.63) is 68.9 Å². The third-order valence-electron chi connectivity index (χ3n) is 3.94. The molecule has 4 aromatic rings. The highest BCUT2D eigenvalue weighted by Crippen LogP contribution is 2.36. The minimum absolute atomic E-state index is 1.14. The Hall–Kier alpha value is -2.14. The van der Waals surface area contributed by atoms with Crippen molar-refractivity contribution in [2.24, 2.45) is 0 Å². The summed E-state index contributed by atoms with van der Waals surface area (Å²) in [6, 6.07) is 17.5. The van der Waals surface area contributed by atoms with Crippen LogP contribution in [0.5, 0.6) is 0 Å². The maximum absolute atomic E-state index is 3.50. The molecule has 0 radical (unpaired) electrons. The molecule has 0 unspecified atom stereocenters. The highest BCUT2D eigenvalue weighted by atomic mass is 32.1. The van der Waals surface area contributed by atoms with Crippen LogP contribution in [0.25, 0.3) is 44.6 Å². The lowest BCUT2D eigenvalue weighted by molar-refractivity contribution is 1.39. The number of hydrogen-bond donors (Lipinski definition) is 1. The molecule has 1 nitrogen and oxygen atoms in total. The second-order valence-corrected chi connectivity index (χ2v) is 8.95. The number of aromatic nitrogens is 1. The quantitative estimate of drug-likeness (QED) is 0.300. The first kappa shape index (κ1) is 14.2. The number of aromatic amines is 1. The number of H-pyrrole nitrogens is 1. The maximum Gasteiger partial charge on any atom is 0.0560 e. The molecule has 8 bridgehead atoms. The fourth-order valence-electron chi connectivity index (χ4n) is 2.73. The lowest BCUT2D eigenvalue weighted by atomic mass is 10.3. The van der Waals surface area contributed by atoms with Crippen LogP contribution in [0.15, 0.2) is 48.5 Å². The zero-order chi connectivity index (χ0) is 15.9. The Morgan fingerprint density at radius 2 is 1.04 bits per heavy atom. The fourth-order valence-corrected chi connectivity index (χ4v) is 5.53. The van der Waals surface area contributed by atoms with Crippen LogP contribution in [-0.2, 0) is 0 Å². The van der Waals surface area contributed by atoms with E-state index >= 15 is 0 Å². The molecule has 5 heterocycles. The summed E-state index contributed by atoms with van der Waals surface area (Å²) in [4.78, 5) is 11.3. The van der Waals surface area contributed by atoms with Crippen LogP contribution in [-0.4, -0.2) is 4.98 Å². The van der Waals surface area contributed by atoms with Crippen molar-refractivity contribution in [1.29, 1.82) is 0 Å². The van der Waals surface area contributed by atoms with E-state index in [2.05, 4.69) is 77.8 Å². The highest BCUT2D eigenvalue weighted by molar-refractivity contribution is 7.23. The molecule has 1 aliphatic rings. The Bertz CT molecular complexity index is 897. The zero-order valence-electron chi connectivity index (χ0n) is 12.7. The molecule has 24 heavy (non-hydrogen) atoms. The predicted molar refractivity (Wildman–Crippen MR) is 110 cm³/mol. The Balaban J connectivity index is 1.66. The van der Waals surface area contributed by atoms with Gasteiger partial charge in [0.1, 0.15) is 0 Å². The van der Waals surface area contributed by atoms with Gasteiger partial charge < -0.3 is 4.98 Å². The van der Waals surface area contributed by atoms with Crippen LogP contribution in [0.4, 0.5) is 0 Å². The molecule has 0 aliphatic carbocycles. The molecule has 5 rings (SSSR count). The van der Waals surface area contributed by atoms with Gasteiger partial charge in [-0.3, -0.25) is 0 Å². The molecule has 0 aromatic carbocycles. The molecule has 0 saturated heterocycles. The van der Waals surface area contributed by atoms with E-state index in [1.807, 2.05) is 34.0 Å². The molecular weight excluding hydrogens is 350 g/mol. The average molecular weight is 364 g/mol. The minimum atomic E-state index is 1.14. The Morgan fingerprint density at radius 3 is 1.71 bits per heavy atom. The molecular formula is C20H13NS3. The van der Waals surface area contributed by atoms with Gasteiger partial charge in [0.15, 0.2) is 0 Å². The van der Waals surface area contributed by atoms with Gasteiger partial charge in [-0.15, -0.1) is 34.0 Å². The average Bonchev–Trinajstić information content (AvgIpc) is 3.37. The van der Waals surface area contributed by atoms with E-state index in [9.17, 15) is 0 Å². The summed E-state index contributed by atoms with van der Waals surface area (Å²) in [6.07, 6.45) is 8.76. The van der Waals surface area contributed by atoms with E-state index in [1.165, 1.54) is 35.0 Å². The van der Waals surface area contributed by atoms with Crippen molar-refractivity contribution in [2.45, 2.75) is 0 Å². The van der Waals surface area contributed by atoms with Gasteiger partial charge in [-0.05, 0) is 72.8 Å². The van der Waals surface area contributed by atoms with Crippen molar-refractivity contribution >= 4 is 58.3 Å². The Kier molecular flexibility index (Phi) is 3.40. The van der Waals surface area contributed by atoms with Crippen LogP contribution >= 0.6 is 34.0 Å². The van der Waals surface area contributed by atoms with Gasteiger partial charge >= 0.3 is 0 Å². The summed E-state index contributed by atoms with van der Waals surface area (Å²) in [5.74, 6) is 0. The van der Waals surface area contributed by atoms with Crippen LogP contribution in [0.3, 0.4) is 0 Å². The second kappa shape index (κ2) is 5.74. The van der Waals surface area contributed by atoms with Gasteiger partial charge in [0, 0.05) is 30.1 Å². The first-order chi connectivity index (χ1) is 11.8. The second-order valence-electron chi connectivity index (χ2n) is 5.60. The van der Waals surface area contributed by atoms with Gasteiger partial charge in [0.2, 0.25) is 0 Å². The lowest BCUT2D eigenvalue weighted by Gasteiger charge is -1.92. The molecule has 0 atom stereocenters. The van der Waals surface area contributed by atoms with Crippen LogP contribution in [0, 0.1) is 0 Å². The zero-order valence-corrected chi connectivity index (χ0v) is 15.1. The summed E-state index contributed by atoms with van der Waals surface area (Å²) >= 11 is 5.49. The SMILES string of the molecule is C1=C\c2ccc(s2)-c2ccc(s2)/C=C\c2ccc(s2)-c2ccc/1[nH]2. The van der Waals surface area contributed by atoms with E-state index in [-0.39, 0.29) is 0 Å². The lowest BCUT2D eigenvalue weighted by Crippen LogP contribution is -1.72. The molecule has 0 amide bonds. The van der Waals surface area contributed by atoms with Crippen LogP contribution in [0.1, 0.15) is 20.3 Å². The van der Waals surface area contributed by atoms with Crippen molar-refractivity contribution < 1.29 is 0 Å². The van der Waals surface area contributed by atoms with Crippen molar-refractivity contribution in [1.82, 2.24) is 4.98 Å². The van der Waals surface area contributed by atoms with Crippen LogP contribution < -0.4 is 0 Å². The van der Waals surface area contributed by atoms with E-state index in [0.29, 0.717) is 0 Å². The van der Waals surface area contributed by atoms with Crippen molar-refractivity contribution in [3.63, 3.8) is 0 Å². The number of hydrogen-bond acceptors (Lipinski definition) is 3. The summed E-state index contributed by atoms with van der Waals surface area (Å²) in [7, 11) is 0. The third kappa shape index (κ3) is 2.63. The summed E-state index contributed by atoms with van der Waals surface area (Å²) in [6.45, 7) is 0. The standard InChI is InChI=1S/C20H13NS3/c1-3-14-7-11-19(23-14)20-12-8-16(24-20)5-4-15-6-10-18(22-15)17-9-2-13(1)21-17/h1-12,21H/b3-1-,5-4-,13-1?,14-3?,15-4?,16-5?,18-17?,20-19?. The summed E-state index contributed by atoms with van der Waals surface area (Å²) in [5.41, 5.74) is 2.31. The predicted octanol–water partition coefficient (Wildman–Crippen LogP) is 7.19. The third-order valence-corrected chi connectivity index (χ3v) is 7.32. The molecule has 116 valence electrons. The van der Waals surface area contributed by atoms with E-state index in [0.717, 1.165) is 5.69 Å². The summed E-state index contributed by atoms with van der Waals surface area (Å²) < 4.78 is 0. The maximum atomic E-state index is 3.50. The van der Waals surface area contributed by atoms with Gasteiger partial charge in [0.05, 0.1) is 10.6 Å². The number of nitrogens with one attached hydrogen (secondary N) is 1. The molecule has 1 N–H and O–H groups in total. The van der Waals surface area contributed by atoms with Crippen LogP contribution in [0.2, 0.25) is 0 Å². The largest absolute Gasteiger partial charge is 0.354 e. The molecule has 0 spiro atoms. The number of thiophene rings is 3. The van der Waals surface area contributed by atoms with Gasteiger partial charge in [0.25, 0.3) is 0 Å². The van der Waals surface area contributed by atoms with Crippen molar-refractivity contribution in [2.75, 3.05) is 0 Å². The minimum Gasteiger partial charge on any atom is -0.354 e. The highest BCUT2D eigenvalue weighted by Gasteiger charge is 2.07. The Labute approximate surface area is 152 Å². The molecule has 1 aliphatic heterocycles. The fraction of sp³-hybridized carbons (Fsp3) is 0. The van der Waals surface area contributed by atoms with Gasteiger partial charge in [-0.25, -0.2) is 0 Å².